The van der Waals surface area contributed by atoms with Gasteiger partial charge in [-0.05, 0) is 42.5 Å². The first-order chi connectivity index (χ1) is 12.5. The maximum Gasteiger partial charge on any atom is 0.335 e. The number of hydrogen-bond acceptors (Lipinski definition) is 5. The van der Waals surface area contributed by atoms with Crippen molar-refractivity contribution in [2.75, 3.05) is 5.43 Å². The van der Waals surface area contributed by atoms with Gasteiger partial charge in [0.15, 0.2) is 0 Å². The molecule has 1 heterocycles. The highest BCUT2D eigenvalue weighted by Gasteiger charge is 2.14. The van der Waals surface area contributed by atoms with Gasteiger partial charge in [-0.2, -0.15) is 5.10 Å². The van der Waals surface area contributed by atoms with Gasteiger partial charge in [-0.15, -0.1) is 0 Å². The number of aromatic hydroxyl groups is 1. The Labute approximate surface area is 160 Å². The highest BCUT2D eigenvalue weighted by atomic mass is 79.9. The molecule has 0 spiro atoms. The molecule has 0 amide bonds. The Hall–Kier alpha value is -2.84. The van der Waals surface area contributed by atoms with Crippen molar-refractivity contribution in [2.24, 2.45) is 5.10 Å². The molecule has 7 nitrogen and oxygen atoms in total. The van der Waals surface area contributed by atoms with Crippen LogP contribution in [-0.4, -0.2) is 20.9 Å². The van der Waals surface area contributed by atoms with Crippen LogP contribution in [0, 0.1) is 0 Å². The van der Waals surface area contributed by atoms with Crippen molar-refractivity contribution in [1.82, 2.24) is 9.55 Å². The quantitative estimate of drug-likeness (QED) is 0.433. The number of benzene rings is 2. The number of nitrogens with one attached hydrogen (secondary N) is 2. The fourth-order valence-electron chi connectivity index (χ4n) is 2.21. The first-order valence-electron chi connectivity index (χ1n) is 7.34. The fourth-order valence-corrected chi connectivity index (χ4v) is 2.65. The minimum absolute atomic E-state index is 0.172. The molecule has 3 rings (SSSR count). The third-order valence-electron chi connectivity index (χ3n) is 3.42. The monoisotopic (exact) mass is 434 g/mol. The summed E-state index contributed by atoms with van der Waals surface area (Å²) in [5.41, 5.74) is 2.02. The van der Waals surface area contributed by atoms with Crippen LogP contribution in [-0.2, 0) is 0 Å². The van der Waals surface area contributed by atoms with E-state index in [2.05, 4.69) is 31.4 Å². The summed E-state index contributed by atoms with van der Waals surface area (Å²) in [5.74, 6) is -0.539. The Kier molecular flexibility index (Phi) is 5.24. The van der Waals surface area contributed by atoms with Crippen molar-refractivity contribution >= 4 is 39.4 Å². The third kappa shape index (κ3) is 3.87. The Morgan fingerprint density at radius 3 is 2.62 bits per heavy atom. The molecule has 9 heteroatoms. The molecule has 0 fully saturated rings. The highest BCUT2D eigenvalue weighted by molar-refractivity contribution is 9.10. The van der Waals surface area contributed by atoms with E-state index >= 15 is 0 Å². The van der Waals surface area contributed by atoms with Crippen LogP contribution in [0.1, 0.15) is 5.56 Å². The smallest absolute Gasteiger partial charge is 0.335 e. The Morgan fingerprint density at radius 1 is 1.19 bits per heavy atom. The van der Waals surface area contributed by atoms with E-state index < -0.39 is 17.1 Å². The molecule has 0 unspecified atom stereocenters. The number of nitrogens with zero attached hydrogens (tertiary/aromatic N) is 2. The second-order valence-corrected chi connectivity index (χ2v) is 6.54. The molecule has 2 aromatic carbocycles. The van der Waals surface area contributed by atoms with Gasteiger partial charge >= 0.3 is 5.69 Å². The summed E-state index contributed by atoms with van der Waals surface area (Å²) >= 11 is 9.25. The van der Waals surface area contributed by atoms with Crippen molar-refractivity contribution in [3.63, 3.8) is 0 Å². The van der Waals surface area contributed by atoms with Gasteiger partial charge in [-0.1, -0.05) is 33.6 Å². The van der Waals surface area contributed by atoms with Crippen molar-refractivity contribution in [3.8, 4) is 11.6 Å². The van der Waals surface area contributed by atoms with Crippen LogP contribution < -0.4 is 16.7 Å². The third-order valence-corrected chi connectivity index (χ3v) is 4.18. The topological polar surface area (TPSA) is 99.5 Å². The lowest BCUT2D eigenvalue weighted by molar-refractivity contribution is 0.430. The second-order valence-electron chi connectivity index (χ2n) is 5.19. The molecule has 0 aliphatic heterocycles. The molecule has 0 bridgehead atoms. The van der Waals surface area contributed by atoms with Gasteiger partial charge < -0.3 is 5.11 Å². The summed E-state index contributed by atoms with van der Waals surface area (Å²) in [6.45, 7) is 0. The molecule has 0 atom stereocenters. The number of aromatic amines is 1. The summed E-state index contributed by atoms with van der Waals surface area (Å²) in [4.78, 5) is 26.3. The number of rotatable bonds is 4. The van der Waals surface area contributed by atoms with Crippen LogP contribution in [0.4, 0.5) is 5.69 Å². The van der Waals surface area contributed by atoms with Gasteiger partial charge in [0.25, 0.3) is 5.56 Å². The van der Waals surface area contributed by atoms with Crippen molar-refractivity contribution in [2.45, 2.75) is 0 Å². The average Bonchev–Trinajstić information content (AvgIpc) is 2.59. The lowest BCUT2D eigenvalue weighted by atomic mass is 10.3. The zero-order chi connectivity index (χ0) is 18.7. The summed E-state index contributed by atoms with van der Waals surface area (Å²) < 4.78 is 1.85. The van der Waals surface area contributed by atoms with E-state index in [0.717, 1.165) is 15.3 Å². The van der Waals surface area contributed by atoms with Crippen LogP contribution >= 0.6 is 27.5 Å². The zero-order valence-electron chi connectivity index (χ0n) is 13.1. The number of anilines is 1. The minimum atomic E-state index is -0.784. The van der Waals surface area contributed by atoms with Crippen molar-refractivity contribution in [3.05, 3.63) is 84.4 Å². The lowest BCUT2D eigenvalue weighted by Crippen LogP contribution is -2.31. The van der Waals surface area contributed by atoms with Crippen LogP contribution in [0.3, 0.4) is 0 Å². The number of aromatic nitrogens is 2. The summed E-state index contributed by atoms with van der Waals surface area (Å²) in [6.07, 6.45) is 1.14. The first-order valence-corrected chi connectivity index (χ1v) is 8.51. The summed E-state index contributed by atoms with van der Waals surface area (Å²) in [7, 11) is 0. The van der Waals surface area contributed by atoms with E-state index in [1.807, 2.05) is 12.1 Å². The SMILES string of the molecule is O=c1[nH]c(=O)n(-c2cccc(Cl)c2)c(O)c1/C=N/Nc1ccc(Br)cc1. The molecule has 26 heavy (non-hydrogen) atoms. The van der Waals surface area contributed by atoms with E-state index in [0.29, 0.717) is 16.4 Å². The van der Waals surface area contributed by atoms with Gasteiger partial charge in [0.1, 0.15) is 5.56 Å². The average molecular weight is 436 g/mol. The van der Waals surface area contributed by atoms with Crippen LogP contribution in [0.5, 0.6) is 5.88 Å². The molecule has 0 radical (unpaired) electrons. The maximum absolute atomic E-state index is 12.1. The molecule has 0 saturated heterocycles. The van der Waals surface area contributed by atoms with Gasteiger partial charge in [0.2, 0.25) is 5.88 Å². The number of halogens is 2. The van der Waals surface area contributed by atoms with Gasteiger partial charge in [0.05, 0.1) is 17.6 Å². The van der Waals surface area contributed by atoms with E-state index in [1.54, 1.807) is 30.3 Å². The van der Waals surface area contributed by atoms with Gasteiger partial charge in [-0.25, -0.2) is 9.36 Å². The van der Waals surface area contributed by atoms with E-state index in [-0.39, 0.29) is 5.56 Å². The summed E-state index contributed by atoms with van der Waals surface area (Å²) in [6, 6.07) is 13.5. The molecule has 0 aliphatic rings. The van der Waals surface area contributed by atoms with E-state index in [4.69, 9.17) is 11.6 Å². The molecule has 3 N–H and O–H groups in total. The van der Waals surface area contributed by atoms with E-state index in [1.165, 1.54) is 6.07 Å². The standard InChI is InChI=1S/C17H12BrClN4O3/c18-10-4-6-12(7-5-10)22-20-9-14-15(24)21-17(26)23(16(14)25)13-3-1-2-11(19)8-13/h1-9,22,25H,(H,21,24,26)/b20-9+. The second kappa shape index (κ2) is 7.59. The molecule has 3 aromatic rings. The molecule has 0 aliphatic carbocycles. The molecular weight excluding hydrogens is 424 g/mol. The molecule has 0 saturated carbocycles. The van der Waals surface area contributed by atoms with Crippen LogP contribution in [0.2, 0.25) is 5.02 Å². The number of hydrogen-bond donors (Lipinski definition) is 3. The Bertz CT molecular complexity index is 1090. The normalized spacial score (nSPS) is 11.0. The van der Waals surface area contributed by atoms with Crippen molar-refractivity contribution in [1.29, 1.82) is 0 Å². The molecule has 1 aromatic heterocycles. The van der Waals surface area contributed by atoms with Gasteiger partial charge in [-0.3, -0.25) is 15.2 Å². The van der Waals surface area contributed by atoms with Crippen molar-refractivity contribution < 1.29 is 5.11 Å². The lowest BCUT2D eigenvalue weighted by Gasteiger charge is -2.09. The zero-order valence-corrected chi connectivity index (χ0v) is 15.5. The highest BCUT2D eigenvalue weighted by Crippen LogP contribution is 2.19. The first kappa shape index (κ1) is 18.0. The molecule has 132 valence electrons. The maximum atomic E-state index is 12.1. The predicted octanol–water partition coefficient (Wildman–Crippen LogP) is 3.09. The Morgan fingerprint density at radius 2 is 1.92 bits per heavy atom. The van der Waals surface area contributed by atoms with Gasteiger partial charge in [0, 0.05) is 9.50 Å². The molecular formula is C17H12BrClN4O3. The Balaban J connectivity index is 1.98. The minimum Gasteiger partial charge on any atom is -0.493 e. The predicted molar refractivity (Wildman–Crippen MR) is 105 cm³/mol. The van der Waals surface area contributed by atoms with Crippen LogP contribution in [0.25, 0.3) is 5.69 Å². The van der Waals surface area contributed by atoms with Crippen LogP contribution in [0.15, 0.2) is 67.7 Å². The summed E-state index contributed by atoms with van der Waals surface area (Å²) in [5, 5.41) is 14.7. The van der Waals surface area contributed by atoms with E-state index in [9.17, 15) is 14.7 Å². The largest absolute Gasteiger partial charge is 0.493 e. The number of H-pyrrole nitrogens is 1. The number of hydrazone groups is 1. The fraction of sp³-hybridized carbons (Fsp3) is 0.